The van der Waals surface area contributed by atoms with Gasteiger partial charge in [-0.15, -0.1) is 0 Å². The van der Waals surface area contributed by atoms with E-state index in [0.29, 0.717) is 41.1 Å². The Morgan fingerprint density at radius 3 is 2.27 bits per heavy atom. The van der Waals surface area contributed by atoms with E-state index in [0.717, 1.165) is 36.5 Å². The monoisotopic (exact) mass is 416 g/mol. The number of aliphatic hydroxyl groups is 2. The lowest BCUT2D eigenvalue weighted by molar-refractivity contribution is -0.129. The third kappa shape index (κ3) is 3.72. The van der Waals surface area contributed by atoms with Crippen molar-refractivity contribution in [2.75, 3.05) is 6.61 Å². The number of hydrogen-bond donors (Lipinski definition) is 2. The number of fused-ring (bicyclic) bond motifs is 5. The summed E-state index contributed by atoms with van der Waals surface area (Å²) in [6, 6.07) is 0. The Morgan fingerprint density at radius 2 is 1.57 bits per heavy atom. The van der Waals surface area contributed by atoms with Crippen LogP contribution in [0.2, 0.25) is 0 Å². The van der Waals surface area contributed by atoms with E-state index in [1.165, 1.54) is 44.9 Å². The Labute approximate surface area is 185 Å². The molecule has 2 nitrogen and oxygen atoms in total. The predicted molar refractivity (Wildman–Crippen MR) is 125 cm³/mol. The van der Waals surface area contributed by atoms with E-state index in [2.05, 4.69) is 46.8 Å². The van der Waals surface area contributed by atoms with Gasteiger partial charge in [0.1, 0.15) is 0 Å². The van der Waals surface area contributed by atoms with Crippen LogP contribution in [0.3, 0.4) is 0 Å². The quantitative estimate of drug-likeness (QED) is 0.505. The molecule has 10 atom stereocenters. The summed E-state index contributed by atoms with van der Waals surface area (Å²) in [6.45, 7) is 12.4. The summed E-state index contributed by atoms with van der Waals surface area (Å²) in [5.74, 6) is 5.54. The van der Waals surface area contributed by atoms with Crippen LogP contribution in [0, 0.1) is 58.2 Å². The molecule has 0 aliphatic heterocycles. The molecule has 4 aliphatic rings. The molecule has 172 valence electrons. The highest BCUT2D eigenvalue weighted by Crippen LogP contribution is 2.68. The van der Waals surface area contributed by atoms with Crippen LogP contribution in [-0.4, -0.2) is 22.9 Å². The average Bonchev–Trinajstić information content (AvgIpc) is 3.06. The van der Waals surface area contributed by atoms with Crippen molar-refractivity contribution in [2.45, 2.75) is 98.5 Å². The molecule has 4 fully saturated rings. The van der Waals surface area contributed by atoms with Gasteiger partial charge < -0.3 is 10.2 Å². The van der Waals surface area contributed by atoms with Gasteiger partial charge in [-0.3, -0.25) is 0 Å². The molecule has 0 saturated heterocycles. The zero-order valence-electron chi connectivity index (χ0n) is 20.3. The molecule has 2 heteroatoms. The van der Waals surface area contributed by atoms with Crippen LogP contribution in [-0.2, 0) is 0 Å². The second-order valence-corrected chi connectivity index (χ2v) is 12.6. The molecule has 4 saturated carbocycles. The molecular weight excluding hydrogens is 368 g/mol. The van der Waals surface area contributed by atoms with Gasteiger partial charge in [0.25, 0.3) is 0 Å². The summed E-state index contributed by atoms with van der Waals surface area (Å²) in [6.07, 6.45) is 16.1. The molecule has 4 aliphatic carbocycles. The van der Waals surface area contributed by atoms with Gasteiger partial charge in [0.15, 0.2) is 0 Å². The maximum atomic E-state index is 10.3. The van der Waals surface area contributed by atoms with Gasteiger partial charge >= 0.3 is 0 Å². The molecule has 0 heterocycles. The molecule has 1 unspecified atom stereocenters. The van der Waals surface area contributed by atoms with Crippen LogP contribution in [0.1, 0.15) is 92.4 Å². The van der Waals surface area contributed by atoms with Crippen molar-refractivity contribution in [3.63, 3.8) is 0 Å². The van der Waals surface area contributed by atoms with Gasteiger partial charge in [-0.25, -0.2) is 0 Å². The van der Waals surface area contributed by atoms with Crippen molar-refractivity contribution in [3.05, 3.63) is 12.2 Å². The number of aliphatic hydroxyl groups excluding tert-OH is 2. The van der Waals surface area contributed by atoms with Gasteiger partial charge in [0.05, 0.1) is 6.10 Å². The minimum Gasteiger partial charge on any atom is -0.396 e. The van der Waals surface area contributed by atoms with Crippen LogP contribution < -0.4 is 0 Å². The molecule has 2 N–H and O–H groups in total. The molecule has 0 aromatic rings. The lowest BCUT2D eigenvalue weighted by atomic mass is 9.44. The molecule has 0 aromatic heterocycles. The summed E-state index contributed by atoms with van der Waals surface area (Å²) < 4.78 is 0. The number of hydrogen-bond acceptors (Lipinski definition) is 2. The smallest absolute Gasteiger partial charge is 0.0543 e. The first-order chi connectivity index (χ1) is 14.2. The van der Waals surface area contributed by atoms with Gasteiger partial charge in [-0.1, -0.05) is 46.8 Å². The zero-order chi connectivity index (χ0) is 21.7. The van der Waals surface area contributed by atoms with Crippen LogP contribution in [0.5, 0.6) is 0 Å². The Balaban J connectivity index is 1.52. The first-order valence-electron chi connectivity index (χ1n) is 13.2. The number of rotatable bonds is 5. The highest BCUT2D eigenvalue weighted by Gasteiger charge is 2.60. The minimum atomic E-state index is -0.0466. The summed E-state index contributed by atoms with van der Waals surface area (Å²) in [5.41, 5.74) is 0.863. The van der Waals surface area contributed by atoms with Gasteiger partial charge in [0, 0.05) is 12.5 Å². The maximum absolute atomic E-state index is 10.3. The third-order valence-electron chi connectivity index (χ3n) is 11.2. The highest BCUT2D eigenvalue weighted by molar-refractivity contribution is 5.11. The van der Waals surface area contributed by atoms with Crippen LogP contribution in [0.25, 0.3) is 0 Å². The van der Waals surface area contributed by atoms with E-state index in [9.17, 15) is 10.2 Å². The molecular formula is C28H48O2. The van der Waals surface area contributed by atoms with Gasteiger partial charge in [-0.05, 0) is 110 Å². The van der Waals surface area contributed by atoms with Crippen molar-refractivity contribution in [2.24, 2.45) is 58.2 Å². The maximum Gasteiger partial charge on any atom is 0.0543 e. The van der Waals surface area contributed by atoms with Crippen molar-refractivity contribution >= 4 is 0 Å². The lowest BCUT2D eigenvalue weighted by Crippen LogP contribution is -2.54. The van der Waals surface area contributed by atoms with Gasteiger partial charge in [0.2, 0.25) is 0 Å². The van der Waals surface area contributed by atoms with Crippen molar-refractivity contribution < 1.29 is 10.2 Å². The zero-order valence-corrected chi connectivity index (χ0v) is 20.3. The fourth-order valence-corrected chi connectivity index (χ4v) is 8.84. The predicted octanol–water partition coefficient (Wildman–Crippen LogP) is 6.46. The normalized spacial score (nSPS) is 48.3. The van der Waals surface area contributed by atoms with Crippen LogP contribution >= 0.6 is 0 Å². The van der Waals surface area contributed by atoms with E-state index >= 15 is 0 Å². The van der Waals surface area contributed by atoms with Crippen molar-refractivity contribution in [1.29, 1.82) is 0 Å². The SMILES string of the molecule is CC(C)C(C)/C=C/[C@@H](CO)[C@H]1CC[C@H]2[C@@H]3CC[C@H]4C[C@@H](O)CC[C@]4(C)[C@H]3CC[C@]12C. The van der Waals surface area contributed by atoms with Crippen LogP contribution in [0.4, 0.5) is 0 Å². The molecule has 30 heavy (non-hydrogen) atoms. The van der Waals surface area contributed by atoms with E-state index in [1.54, 1.807) is 0 Å². The molecule has 0 aromatic carbocycles. The van der Waals surface area contributed by atoms with E-state index in [-0.39, 0.29) is 6.10 Å². The Kier molecular flexibility index (Phi) is 6.50. The van der Waals surface area contributed by atoms with E-state index in [1.807, 2.05) is 0 Å². The second-order valence-electron chi connectivity index (χ2n) is 12.6. The Morgan fingerprint density at radius 1 is 0.867 bits per heavy atom. The summed E-state index contributed by atoms with van der Waals surface area (Å²) in [5, 5.41) is 20.6. The first kappa shape index (κ1) is 22.8. The van der Waals surface area contributed by atoms with E-state index in [4.69, 9.17) is 0 Å². The second kappa shape index (κ2) is 8.54. The molecule has 4 rings (SSSR count). The molecule has 0 radical (unpaired) electrons. The van der Waals surface area contributed by atoms with Crippen LogP contribution in [0.15, 0.2) is 12.2 Å². The highest BCUT2D eigenvalue weighted by atomic mass is 16.3. The molecule has 0 spiro atoms. The largest absolute Gasteiger partial charge is 0.396 e. The summed E-state index contributed by atoms with van der Waals surface area (Å²) in [4.78, 5) is 0. The van der Waals surface area contributed by atoms with Crippen molar-refractivity contribution in [3.8, 4) is 0 Å². The fraction of sp³-hybridized carbons (Fsp3) is 0.929. The van der Waals surface area contributed by atoms with E-state index < -0.39 is 0 Å². The summed E-state index contributed by atoms with van der Waals surface area (Å²) in [7, 11) is 0. The topological polar surface area (TPSA) is 40.5 Å². The average molecular weight is 417 g/mol. The third-order valence-corrected chi connectivity index (χ3v) is 11.2. The fourth-order valence-electron chi connectivity index (χ4n) is 8.84. The summed E-state index contributed by atoms with van der Waals surface area (Å²) >= 11 is 0. The van der Waals surface area contributed by atoms with Crippen molar-refractivity contribution in [1.82, 2.24) is 0 Å². The number of allylic oxidation sites excluding steroid dienone is 1. The Bertz CT molecular complexity index is 626. The first-order valence-corrected chi connectivity index (χ1v) is 13.2. The molecule has 0 amide bonds. The Hall–Kier alpha value is -0.340. The standard InChI is InChI=1S/C28H48O2/c1-18(2)19(3)6-7-20(17-29)24-10-11-25-23-9-8-21-16-22(30)12-14-27(21,4)26(23)13-15-28(24,25)5/h6-7,18-26,29-30H,8-17H2,1-5H3/b7-6+/t19?,20-,21-,22-,23-,24+,25-,26-,27-,28+/m0/s1. The van der Waals surface area contributed by atoms with Gasteiger partial charge in [-0.2, -0.15) is 0 Å². The minimum absolute atomic E-state index is 0.0466. The molecule has 0 bridgehead atoms. The lowest BCUT2D eigenvalue weighted by Gasteiger charge is -2.61.